The van der Waals surface area contributed by atoms with Gasteiger partial charge in [0.15, 0.2) is 5.78 Å². The van der Waals surface area contributed by atoms with Crippen LogP contribution in [-0.2, 0) is 4.79 Å². The second-order valence-electron chi connectivity index (χ2n) is 2.70. The molecule has 0 aromatic rings. The van der Waals surface area contributed by atoms with Crippen LogP contribution in [0.2, 0.25) is 0 Å². The lowest BCUT2D eigenvalue weighted by Gasteiger charge is -1.97. The molecule has 1 atom stereocenters. The topological polar surface area (TPSA) is 37.3 Å². The molecule has 0 saturated heterocycles. The van der Waals surface area contributed by atoms with Crippen molar-refractivity contribution in [3.8, 4) is 0 Å². The minimum absolute atomic E-state index is 0.0498. The summed E-state index contributed by atoms with van der Waals surface area (Å²) >= 11 is 0. The third kappa shape index (κ3) is 7.00. The fourth-order valence-corrected chi connectivity index (χ4v) is 0.631. The van der Waals surface area contributed by atoms with Gasteiger partial charge in [-0.3, -0.25) is 4.79 Å². The molecule has 0 aliphatic heterocycles. The van der Waals surface area contributed by atoms with E-state index in [1.807, 2.05) is 13.8 Å². The average Bonchev–Trinajstić information content (AvgIpc) is 1.82. The fourth-order valence-electron chi connectivity index (χ4n) is 0.631. The molecular formula is C9H14O2. The third-order valence-corrected chi connectivity index (χ3v) is 1.03. The van der Waals surface area contributed by atoms with Gasteiger partial charge in [0.2, 0.25) is 0 Å². The number of hydrogen-bond donors (Lipinski definition) is 1. The Morgan fingerprint density at radius 2 is 1.91 bits per heavy atom. The van der Waals surface area contributed by atoms with Crippen LogP contribution in [0.25, 0.3) is 0 Å². The molecule has 0 heterocycles. The van der Waals surface area contributed by atoms with Crippen molar-refractivity contribution < 1.29 is 9.90 Å². The maximum absolute atomic E-state index is 10.4. The molecule has 0 aliphatic carbocycles. The van der Waals surface area contributed by atoms with E-state index < -0.39 is 6.10 Å². The van der Waals surface area contributed by atoms with Crippen LogP contribution >= 0.6 is 0 Å². The summed E-state index contributed by atoms with van der Waals surface area (Å²) in [6, 6.07) is 0. The molecule has 0 spiro atoms. The molecule has 0 bridgehead atoms. The molecule has 1 N–H and O–H groups in total. The summed E-state index contributed by atoms with van der Waals surface area (Å²) in [6.45, 7) is 5.24. The summed E-state index contributed by atoms with van der Waals surface area (Å²) in [6.07, 6.45) is 3.88. The summed E-state index contributed by atoms with van der Waals surface area (Å²) in [4.78, 5) is 10.4. The lowest BCUT2D eigenvalue weighted by atomic mass is 10.2. The highest BCUT2D eigenvalue weighted by Gasteiger charge is 1.92. The van der Waals surface area contributed by atoms with Crippen LogP contribution in [-0.4, -0.2) is 17.0 Å². The van der Waals surface area contributed by atoms with E-state index >= 15 is 0 Å². The first-order valence-electron chi connectivity index (χ1n) is 3.54. The molecule has 1 unspecified atom stereocenters. The van der Waals surface area contributed by atoms with Gasteiger partial charge in [-0.1, -0.05) is 11.6 Å². The van der Waals surface area contributed by atoms with E-state index in [1.54, 1.807) is 6.08 Å². The van der Waals surface area contributed by atoms with Gasteiger partial charge >= 0.3 is 0 Å². The minimum atomic E-state index is -0.635. The van der Waals surface area contributed by atoms with Crippen LogP contribution < -0.4 is 0 Å². The largest absolute Gasteiger partial charge is 0.385 e. The van der Waals surface area contributed by atoms with Crippen molar-refractivity contribution in [3.05, 3.63) is 23.8 Å². The van der Waals surface area contributed by atoms with Gasteiger partial charge in [-0.25, -0.2) is 0 Å². The summed E-state index contributed by atoms with van der Waals surface area (Å²) < 4.78 is 0. The average molecular weight is 154 g/mol. The molecule has 0 saturated carbocycles. The Morgan fingerprint density at radius 1 is 1.36 bits per heavy atom. The van der Waals surface area contributed by atoms with E-state index in [2.05, 4.69) is 0 Å². The van der Waals surface area contributed by atoms with Gasteiger partial charge in [0.25, 0.3) is 0 Å². The smallest absolute Gasteiger partial charge is 0.152 e. The first-order valence-corrected chi connectivity index (χ1v) is 3.54. The van der Waals surface area contributed by atoms with E-state index in [-0.39, 0.29) is 5.78 Å². The molecule has 2 heteroatoms. The third-order valence-electron chi connectivity index (χ3n) is 1.03. The van der Waals surface area contributed by atoms with Gasteiger partial charge < -0.3 is 5.11 Å². The summed E-state index contributed by atoms with van der Waals surface area (Å²) in [5, 5.41) is 9.15. The predicted molar refractivity (Wildman–Crippen MR) is 45.3 cm³/mol. The highest BCUT2D eigenvalue weighted by Crippen LogP contribution is 1.95. The molecule has 0 rings (SSSR count). The number of rotatable bonds is 3. The standard InChI is InChI=1S/C9H14O2/c1-7(2)6-9(11)5-4-8(3)10/h4-6,9,11H,1-3H3/b5-4+. The summed E-state index contributed by atoms with van der Waals surface area (Å²) in [7, 11) is 0. The molecule has 62 valence electrons. The number of carbonyl (C=O) groups is 1. The van der Waals surface area contributed by atoms with Gasteiger partial charge in [-0.05, 0) is 32.9 Å². The van der Waals surface area contributed by atoms with Crippen molar-refractivity contribution in [1.82, 2.24) is 0 Å². The summed E-state index contributed by atoms with van der Waals surface area (Å²) in [5.41, 5.74) is 1.03. The molecule has 2 nitrogen and oxygen atoms in total. The van der Waals surface area contributed by atoms with Crippen LogP contribution in [0.1, 0.15) is 20.8 Å². The number of allylic oxidation sites excluding steroid dienone is 2. The molecule has 0 radical (unpaired) electrons. The Labute approximate surface area is 67.2 Å². The van der Waals surface area contributed by atoms with Gasteiger partial charge in [0.1, 0.15) is 0 Å². The Hall–Kier alpha value is -0.890. The van der Waals surface area contributed by atoms with Crippen molar-refractivity contribution in [2.75, 3.05) is 0 Å². The zero-order chi connectivity index (χ0) is 8.85. The van der Waals surface area contributed by atoms with Gasteiger partial charge in [-0.15, -0.1) is 0 Å². The highest BCUT2D eigenvalue weighted by molar-refractivity contribution is 5.87. The molecule has 0 aromatic heterocycles. The van der Waals surface area contributed by atoms with Crippen LogP contribution in [0.15, 0.2) is 23.8 Å². The van der Waals surface area contributed by atoms with E-state index in [0.29, 0.717) is 0 Å². The van der Waals surface area contributed by atoms with Crippen molar-refractivity contribution >= 4 is 5.78 Å². The lowest BCUT2D eigenvalue weighted by Crippen LogP contribution is -1.98. The van der Waals surface area contributed by atoms with E-state index in [0.717, 1.165) is 5.57 Å². The van der Waals surface area contributed by atoms with Crippen molar-refractivity contribution in [3.63, 3.8) is 0 Å². The SMILES string of the molecule is CC(=O)/C=C/C(O)C=C(C)C. The monoisotopic (exact) mass is 154 g/mol. The molecule has 0 aliphatic rings. The normalized spacial score (nSPS) is 13.1. The Balaban J connectivity index is 3.97. The Morgan fingerprint density at radius 3 is 2.27 bits per heavy atom. The second kappa shape index (κ2) is 4.85. The van der Waals surface area contributed by atoms with Gasteiger partial charge in [0.05, 0.1) is 6.10 Å². The molecule has 0 amide bonds. The van der Waals surface area contributed by atoms with Crippen LogP contribution in [0, 0.1) is 0 Å². The number of ketones is 1. The zero-order valence-electron chi connectivity index (χ0n) is 7.16. The van der Waals surface area contributed by atoms with Crippen molar-refractivity contribution in [1.29, 1.82) is 0 Å². The Bertz CT molecular complexity index is 186. The Kier molecular flexibility index (Phi) is 4.46. The maximum atomic E-state index is 10.4. The minimum Gasteiger partial charge on any atom is -0.385 e. The van der Waals surface area contributed by atoms with Gasteiger partial charge in [0, 0.05) is 0 Å². The van der Waals surface area contributed by atoms with Crippen LogP contribution in [0.3, 0.4) is 0 Å². The highest BCUT2D eigenvalue weighted by atomic mass is 16.3. The van der Waals surface area contributed by atoms with Crippen LogP contribution in [0.4, 0.5) is 0 Å². The first-order chi connectivity index (χ1) is 5.02. The maximum Gasteiger partial charge on any atom is 0.152 e. The van der Waals surface area contributed by atoms with E-state index in [4.69, 9.17) is 5.11 Å². The van der Waals surface area contributed by atoms with E-state index in [9.17, 15) is 4.79 Å². The molecule has 0 aromatic carbocycles. The summed E-state index contributed by atoms with van der Waals surface area (Å²) in [5.74, 6) is -0.0498. The zero-order valence-corrected chi connectivity index (χ0v) is 7.16. The quantitative estimate of drug-likeness (QED) is 0.493. The molecule has 0 fully saturated rings. The van der Waals surface area contributed by atoms with Crippen molar-refractivity contribution in [2.24, 2.45) is 0 Å². The molecular weight excluding hydrogens is 140 g/mol. The molecule has 11 heavy (non-hydrogen) atoms. The fraction of sp³-hybridized carbons (Fsp3) is 0.444. The number of aliphatic hydroxyl groups is 1. The predicted octanol–water partition coefficient (Wildman–Crippen LogP) is 1.46. The van der Waals surface area contributed by atoms with Gasteiger partial charge in [-0.2, -0.15) is 0 Å². The first kappa shape index (κ1) is 10.1. The van der Waals surface area contributed by atoms with E-state index in [1.165, 1.54) is 19.1 Å². The number of hydrogen-bond acceptors (Lipinski definition) is 2. The number of carbonyl (C=O) groups excluding carboxylic acids is 1. The second-order valence-corrected chi connectivity index (χ2v) is 2.70. The van der Waals surface area contributed by atoms with Crippen LogP contribution in [0.5, 0.6) is 0 Å². The van der Waals surface area contributed by atoms with Crippen molar-refractivity contribution in [2.45, 2.75) is 26.9 Å². The number of aliphatic hydroxyl groups excluding tert-OH is 1. The lowest BCUT2D eigenvalue weighted by molar-refractivity contribution is -0.112.